The summed E-state index contributed by atoms with van der Waals surface area (Å²) in [5.41, 5.74) is -0.145. The minimum absolute atomic E-state index is 0.0523. The van der Waals surface area contributed by atoms with Gasteiger partial charge in [0.1, 0.15) is 12.2 Å². The summed E-state index contributed by atoms with van der Waals surface area (Å²) >= 11 is 0. The number of aliphatic hydroxyl groups is 1. The minimum Gasteiger partial charge on any atom is -0.394 e. The molecule has 8 heteroatoms. The molecule has 0 rings (SSSR count). The van der Waals surface area contributed by atoms with E-state index < -0.39 is 0 Å². The van der Waals surface area contributed by atoms with E-state index in [4.69, 9.17) is 38.6 Å². The predicted octanol–water partition coefficient (Wildman–Crippen LogP) is 5.10. The van der Waals surface area contributed by atoms with Crippen LogP contribution in [0.4, 0.5) is 0 Å². The number of rotatable bonds is 30. The van der Waals surface area contributed by atoms with Gasteiger partial charge in [-0.3, -0.25) is 0 Å². The van der Waals surface area contributed by atoms with Crippen LogP contribution in [-0.4, -0.2) is 90.0 Å². The lowest BCUT2D eigenvalue weighted by molar-refractivity contribution is -0.370. The highest BCUT2D eigenvalue weighted by molar-refractivity contribution is 4.79. The Bertz CT molecular complexity index is 376. The first-order chi connectivity index (χ1) is 17.2. The third-order valence-corrected chi connectivity index (χ3v) is 5.68. The van der Waals surface area contributed by atoms with E-state index in [0.717, 1.165) is 32.1 Å². The van der Waals surface area contributed by atoms with Crippen molar-refractivity contribution < 1.29 is 38.6 Å². The average Bonchev–Trinajstić information content (AvgIpc) is 2.88. The van der Waals surface area contributed by atoms with Crippen molar-refractivity contribution in [2.24, 2.45) is 0 Å². The monoisotopic (exact) mass is 508 g/mol. The van der Waals surface area contributed by atoms with Gasteiger partial charge in [0.15, 0.2) is 0 Å². The average molecular weight is 509 g/mol. The normalized spacial score (nSPS) is 12.0. The number of ether oxygens (including phenoxy) is 5. The molecule has 0 amide bonds. The van der Waals surface area contributed by atoms with E-state index in [1.54, 1.807) is 0 Å². The predicted molar refractivity (Wildman–Crippen MR) is 139 cm³/mol. The zero-order chi connectivity index (χ0) is 25.7. The summed E-state index contributed by atoms with van der Waals surface area (Å²) in [5, 5.41) is 8.59. The van der Waals surface area contributed by atoms with Crippen molar-refractivity contribution in [3.63, 3.8) is 0 Å². The van der Waals surface area contributed by atoms with Gasteiger partial charge in [0, 0.05) is 13.2 Å². The number of aliphatic hydroxyl groups excluding tert-OH is 1. The highest BCUT2D eigenvalue weighted by Crippen LogP contribution is 2.31. The fourth-order valence-electron chi connectivity index (χ4n) is 3.59. The summed E-state index contributed by atoms with van der Waals surface area (Å²) < 4.78 is 27.3. The number of hydrogen-bond acceptors (Lipinski definition) is 8. The van der Waals surface area contributed by atoms with Gasteiger partial charge in [-0.05, 0) is 32.1 Å². The van der Waals surface area contributed by atoms with E-state index in [1.807, 2.05) is 0 Å². The van der Waals surface area contributed by atoms with Crippen LogP contribution in [0.5, 0.6) is 0 Å². The third-order valence-electron chi connectivity index (χ3n) is 5.68. The molecule has 0 fully saturated rings. The van der Waals surface area contributed by atoms with Crippen molar-refractivity contribution in [3.8, 4) is 0 Å². The Morgan fingerprint density at radius 2 is 0.829 bits per heavy atom. The van der Waals surface area contributed by atoms with Crippen molar-refractivity contribution in [2.45, 2.75) is 97.0 Å². The van der Waals surface area contributed by atoms with Gasteiger partial charge in [0.25, 0.3) is 0 Å². The van der Waals surface area contributed by atoms with E-state index in [-0.39, 0.29) is 12.2 Å². The van der Waals surface area contributed by atoms with Crippen LogP contribution in [0.1, 0.15) is 91.4 Å². The van der Waals surface area contributed by atoms with Crippen molar-refractivity contribution in [2.75, 3.05) is 79.3 Å². The molecule has 1 N–H and O–H groups in total. The zero-order valence-electron chi connectivity index (χ0n) is 23.1. The van der Waals surface area contributed by atoms with Gasteiger partial charge in [0.05, 0.1) is 59.5 Å². The van der Waals surface area contributed by atoms with Crippen molar-refractivity contribution in [1.29, 1.82) is 0 Å². The molecule has 0 bridgehead atoms. The molecule has 0 aromatic rings. The molecule has 35 heavy (non-hydrogen) atoms. The second kappa shape index (κ2) is 28.3. The van der Waals surface area contributed by atoms with Crippen molar-refractivity contribution >= 4 is 0 Å². The van der Waals surface area contributed by atoms with Crippen molar-refractivity contribution in [1.82, 2.24) is 0 Å². The molecule has 0 aliphatic rings. The maximum Gasteiger partial charge on any atom is 0.106 e. The van der Waals surface area contributed by atoms with Crippen molar-refractivity contribution in [3.05, 3.63) is 0 Å². The van der Waals surface area contributed by atoms with Crippen LogP contribution in [0, 0.1) is 0 Å². The van der Waals surface area contributed by atoms with Crippen LogP contribution in [0.3, 0.4) is 0 Å². The number of hydrogen-bond donors (Lipinski definition) is 1. The Kier molecular flexibility index (Phi) is 28.0. The zero-order valence-corrected chi connectivity index (χ0v) is 23.1. The molecule has 0 spiro atoms. The van der Waals surface area contributed by atoms with Gasteiger partial charge in [-0.25, -0.2) is 9.78 Å². The Morgan fingerprint density at radius 3 is 1.23 bits per heavy atom. The first-order valence-electron chi connectivity index (χ1n) is 14.0. The quantitative estimate of drug-likeness (QED) is 0.0815. The minimum atomic E-state index is -0.145. The van der Waals surface area contributed by atoms with E-state index in [0.29, 0.717) is 72.7 Å². The first kappa shape index (κ1) is 34.7. The van der Waals surface area contributed by atoms with Gasteiger partial charge in [0.2, 0.25) is 0 Å². The van der Waals surface area contributed by atoms with E-state index in [2.05, 4.69) is 20.8 Å². The molecule has 0 saturated carbocycles. The molecule has 0 radical (unpaired) electrons. The lowest BCUT2D eigenvalue weighted by atomic mass is 9.86. The molecular weight excluding hydrogens is 452 g/mol. The molecule has 0 atom stereocenters. The highest BCUT2D eigenvalue weighted by atomic mass is 17.2. The summed E-state index contributed by atoms with van der Waals surface area (Å²) in [6.07, 6.45) is 12.2. The maximum absolute atomic E-state index is 8.59. The molecule has 8 nitrogen and oxygen atoms in total. The second-order valence-corrected chi connectivity index (χ2v) is 8.89. The molecular formula is C27H56O8. The standard InChI is InChI=1S/C27H56O8/c1-4-7-12-27(13-8-5-2,14-9-6-3)35-34-26-25-33-24-23-32-22-20-30-17-11-10-16-29-19-21-31-18-15-28/h28H,4-26H2,1-3H3. The van der Waals surface area contributed by atoms with Gasteiger partial charge >= 0.3 is 0 Å². The van der Waals surface area contributed by atoms with Gasteiger partial charge < -0.3 is 28.8 Å². The first-order valence-corrected chi connectivity index (χ1v) is 14.0. The Hall–Kier alpha value is -0.320. The van der Waals surface area contributed by atoms with Crippen LogP contribution in [0.2, 0.25) is 0 Å². The Labute approximate surface area is 215 Å². The van der Waals surface area contributed by atoms with Crippen LogP contribution in [0.25, 0.3) is 0 Å². The molecule has 0 saturated heterocycles. The Morgan fingerprint density at radius 1 is 0.457 bits per heavy atom. The molecule has 212 valence electrons. The molecule has 0 heterocycles. The summed E-state index contributed by atoms with van der Waals surface area (Å²) in [5.74, 6) is 0. The highest BCUT2D eigenvalue weighted by Gasteiger charge is 2.31. The summed E-state index contributed by atoms with van der Waals surface area (Å²) in [4.78, 5) is 11.6. The smallest absolute Gasteiger partial charge is 0.106 e. The van der Waals surface area contributed by atoms with Gasteiger partial charge in [-0.15, -0.1) is 0 Å². The van der Waals surface area contributed by atoms with Crippen LogP contribution in [0.15, 0.2) is 0 Å². The van der Waals surface area contributed by atoms with E-state index >= 15 is 0 Å². The topological polar surface area (TPSA) is 84.8 Å². The summed E-state index contributed by atoms with van der Waals surface area (Å²) in [7, 11) is 0. The maximum atomic E-state index is 8.59. The Balaban J connectivity index is 3.57. The second-order valence-electron chi connectivity index (χ2n) is 8.89. The van der Waals surface area contributed by atoms with E-state index in [1.165, 1.54) is 38.5 Å². The lowest BCUT2D eigenvalue weighted by Gasteiger charge is -2.32. The SMILES string of the molecule is CCCCC(CCCC)(CCCC)OOCCOCCOCCOCCCCOCCOCCO. The fourth-order valence-corrected chi connectivity index (χ4v) is 3.59. The van der Waals surface area contributed by atoms with Crippen LogP contribution in [-0.2, 0) is 33.5 Å². The number of unbranched alkanes of at least 4 members (excludes halogenated alkanes) is 4. The van der Waals surface area contributed by atoms with Crippen LogP contribution >= 0.6 is 0 Å². The molecule has 0 aliphatic heterocycles. The van der Waals surface area contributed by atoms with Gasteiger partial charge in [-0.1, -0.05) is 59.3 Å². The molecule has 0 aromatic heterocycles. The molecule has 0 aliphatic carbocycles. The summed E-state index contributed by atoms with van der Waals surface area (Å²) in [6, 6.07) is 0. The largest absolute Gasteiger partial charge is 0.394 e. The fraction of sp³-hybridized carbons (Fsp3) is 1.00. The lowest BCUT2D eigenvalue weighted by Crippen LogP contribution is -2.33. The molecule has 0 unspecified atom stereocenters. The molecule has 0 aromatic carbocycles. The van der Waals surface area contributed by atoms with E-state index in [9.17, 15) is 0 Å². The third kappa shape index (κ3) is 23.8. The summed E-state index contributed by atoms with van der Waals surface area (Å²) in [6.45, 7) is 12.8. The van der Waals surface area contributed by atoms with Crippen LogP contribution < -0.4 is 0 Å². The van der Waals surface area contributed by atoms with Gasteiger partial charge in [-0.2, -0.15) is 0 Å².